The molecule has 5 nitrogen and oxygen atoms in total. The minimum atomic E-state index is 0.0384. The van der Waals surface area contributed by atoms with Crippen molar-refractivity contribution in [3.8, 4) is 0 Å². The highest BCUT2D eigenvalue weighted by Gasteiger charge is 2.20. The number of hydrogen-bond donors (Lipinski definition) is 1. The second kappa shape index (κ2) is 5.95. The van der Waals surface area contributed by atoms with Gasteiger partial charge in [0.2, 0.25) is 5.91 Å². The average molecular weight is 202 g/mol. The molecule has 0 saturated carbocycles. The first kappa shape index (κ1) is 11.4. The van der Waals surface area contributed by atoms with Crippen LogP contribution in [0.3, 0.4) is 0 Å². The molecule has 5 heteroatoms. The van der Waals surface area contributed by atoms with Crippen LogP contribution in [0, 0.1) is 0 Å². The maximum absolute atomic E-state index is 11.4. The summed E-state index contributed by atoms with van der Waals surface area (Å²) in [7, 11) is 1.94. The van der Waals surface area contributed by atoms with Gasteiger partial charge in [0.1, 0.15) is 0 Å². The molecule has 0 aromatic heterocycles. The molecular formula is C9H18N2O3. The summed E-state index contributed by atoms with van der Waals surface area (Å²) in [4.78, 5) is 15.3. The molecule has 82 valence electrons. The molecule has 0 spiro atoms. The van der Waals surface area contributed by atoms with Crippen LogP contribution in [0.4, 0.5) is 0 Å². The van der Waals surface area contributed by atoms with E-state index in [1.165, 1.54) is 0 Å². The van der Waals surface area contributed by atoms with Gasteiger partial charge in [-0.15, -0.1) is 0 Å². The van der Waals surface area contributed by atoms with Crippen LogP contribution in [0.5, 0.6) is 0 Å². The van der Waals surface area contributed by atoms with Gasteiger partial charge in [0, 0.05) is 19.6 Å². The molecule has 1 fully saturated rings. The van der Waals surface area contributed by atoms with Crippen molar-refractivity contribution in [3.63, 3.8) is 0 Å². The van der Waals surface area contributed by atoms with Gasteiger partial charge in [-0.2, -0.15) is 0 Å². The number of amides is 1. The second-order valence-electron chi connectivity index (χ2n) is 3.45. The summed E-state index contributed by atoms with van der Waals surface area (Å²) in [6.45, 7) is 3.73. The van der Waals surface area contributed by atoms with E-state index in [1.807, 2.05) is 11.9 Å². The number of nitrogens with zero attached hydrogens (tertiary/aromatic N) is 2. The molecule has 1 saturated heterocycles. The van der Waals surface area contributed by atoms with Crippen LogP contribution in [0.2, 0.25) is 0 Å². The smallest absolute Gasteiger partial charge is 0.236 e. The Morgan fingerprint density at radius 3 is 2.86 bits per heavy atom. The Bertz CT molecular complexity index is 187. The van der Waals surface area contributed by atoms with Crippen molar-refractivity contribution in [3.05, 3.63) is 0 Å². The molecule has 1 heterocycles. The summed E-state index contributed by atoms with van der Waals surface area (Å²) in [5.41, 5.74) is 0. The molecule has 0 atom stereocenters. The number of carbonyl (C=O) groups excluding carboxylic acids is 1. The van der Waals surface area contributed by atoms with E-state index in [9.17, 15) is 4.79 Å². The Hall–Kier alpha value is -0.650. The van der Waals surface area contributed by atoms with Gasteiger partial charge in [-0.3, -0.25) is 9.69 Å². The number of likely N-dealkylation sites (N-methyl/N-ethyl adjacent to an activating group) is 1. The van der Waals surface area contributed by atoms with E-state index >= 15 is 0 Å². The zero-order valence-electron chi connectivity index (χ0n) is 8.61. The topological polar surface area (TPSA) is 53.0 Å². The molecular weight excluding hydrogens is 184 g/mol. The summed E-state index contributed by atoms with van der Waals surface area (Å²) in [6.07, 6.45) is 0. The van der Waals surface area contributed by atoms with E-state index in [4.69, 9.17) is 9.84 Å². The van der Waals surface area contributed by atoms with Crippen molar-refractivity contribution in [2.75, 3.05) is 53.0 Å². The van der Waals surface area contributed by atoms with Crippen LogP contribution in [-0.4, -0.2) is 73.9 Å². The van der Waals surface area contributed by atoms with Gasteiger partial charge >= 0.3 is 0 Å². The van der Waals surface area contributed by atoms with Gasteiger partial charge < -0.3 is 14.7 Å². The molecule has 14 heavy (non-hydrogen) atoms. The number of ether oxygens (including phenoxy) is 1. The minimum absolute atomic E-state index is 0.0384. The lowest BCUT2D eigenvalue weighted by molar-refractivity contribution is -0.136. The van der Waals surface area contributed by atoms with Crippen LogP contribution in [0.15, 0.2) is 0 Å². The Kier molecular flexibility index (Phi) is 4.86. The lowest BCUT2D eigenvalue weighted by atomic mass is 10.3. The molecule has 0 bridgehead atoms. The van der Waals surface area contributed by atoms with Crippen molar-refractivity contribution < 1.29 is 14.6 Å². The lowest BCUT2D eigenvalue weighted by Crippen LogP contribution is -2.49. The number of rotatable bonds is 5. The largest absolute Gasteiger partial charge is 0.394 e. The molecule has 1 aliphatic heterocycles. The first-order chi connectivity index (χ1) is 6.74. The number of aliphatic hydroxyl groups is 1. The Labute approximate surface area is 84.2 Å². The normalized spacial score (nSPS) is 19.0. The van der Waals surface area contributed by atoms with E-state index in [2.05, 4.69) is 0 Å². The molecule has 1 aliphatic rings. The summed E-state index contributed by atoms with van der Waals surface area (Å²) in [6, 6.07) is 0. The molecule has 0 unspecified atom stereocenters. The highest BCUT2D eigenvalue weighted by Crippen LogP contribution is 2.00. The number of piperazine rings is 1. The standard InChI is InChI=1S/C9H18N2O3/c1-10-2-3-11(9(13)8-10)4-6-14-7-5-12/h12H,2-8H2,1H3. The first-order valence-electron chi connectivity index (χ1n) is 4.89. The van der Waals surface area contributed by atoms with Gasteiger partial charge in [0.05, 0.1) is 26.4 Å². The fourth-order valence-corrected chi connectivity index (χ4v) is 1.40. The van der Waals surface area contributed by atoms with Crippen LogP contribution < -0.4 is 0 Å². The molecule has 1 amide bonds. The maximum atomic E-state index is 11.4. The van der Waals surface area contributed by atoms with Crippen molar-refractivity contribution in [1.82, 2.24) is 9.80 Å². The molecule has 1 rings (SSSR count). The summed E-state index contributed by atoms with van der Waals surface area (Å²) < 4.78 is 5.10. The maximum Gasteiger partial charge on any atom is 0.236 e. The second-order valence-corrected chi connectivity index (χ2v) is 3.45. The first-order valence-corrected chi connectivity index (χ1v) is 4.89. The number of carbonyl (C=O) groups is 1. The lowest BCUT2D eigenvalue weighted by Gasteiger charge is -2.31. The average Bonchev–Trinajstić information content (AvgIpc) is 2.15. The quantitative estimate of drug-likeness (QED) is 0.567. The SMILES string of the molecule is CN1CCN(CCOCCO)C(=O)C1. The van der Waals surface area contributed by atoms with Gasteiger partial charge in [-0.05, 0) is 7.05 Å². The minimum Gasteiger partial charge on any atom is -0.394 e. The fraction of sp³-hybridized carbons (Fsp3) is 0.889. The van der Waals surface area contributed by atoms with Gasteiger partial charge in [-0.1, -0.05) is 0 Å². The highest BCUT2D eigenvalue weighted by atomic mass is 16.5. The molecule has 0 aromatic rings. The van der Waals surface area contributed by atoms with Crippen LogP contribution >= 0.6 is 0 Å². The summed E-state index contributed by atoms with van der Waals surface area (Å²) in [5, 5.41) is 8.48. The molecule has 1 N–H and O–H groups in total. The molecule has 0 radical (unpaired) electrons. The van der Waals surface area contributed by atoms with Gasteiger partial charge in [-0.25, -0.2) is 0 Å². The zero-order chi connectivity index (χ0) is 10.4. The summed E-state index contributed by atoms with van der Waals surface area (Å²) in [5.74, 6) is 0.159. The van der Waals surface area contributed by atoms with Crippen molar-refractivity contribution in [1.29, 1.82) is 0 Å². The zero-order valence-corrected chi connectivity index (χ0v) is 8.61. The summed E-state index contributed by atoms with van der Waals surface area (Å²) >= 11 is 0. The fourth-order valence-electron chi connectivity index (χ4n) is 1.40. The van der Waals surface area contributed by atoms with Crippen LogP contribution in [0.1, 0.15) is 0 Å². The van der Waals surface area contributed by atoms with Crippen LogP contribution in [-0.2, 0) is 9.53 Å². The van der Waals surface area contributed by atoms with Crippen LogP contribution in [0.25, 0.3) is 0 Å². The third-order valence-corrected chi connectivity index (χ3v) is 2.25. The van der Waals surface area contributed by atoms with E-state index in [0.717, 1.165) is 13.1 Å². The van der Waals surface area contributed by atoms with Gasteiger partial charge in [0.15, 0.2) is 0 Å². The van der Waals surface area contributed by atoms with E-state index in [0.29, 0.717) is 26.3 Å². The van der Waals surface area contributed by atoms with Crippen molar-refractivity contribution in [2.45, 2.75) is 0 Å². The molecule has 0 aliphatic carbocycles. The van der Waals surface area contributed by atoms with Crippen molar-refractivity contribution >= 4 is 5.91 Å². The number of aliphatic hydroxyl groups excluding tert-OH is 1. The van der Waals surface area contributed by atoms with E-state index < -0.39 is 0 Å². The predicted molar refractivity (Wildman–Crippen MR) is 52.0 cm³/mol. The third-order valence-electron chi connectivity index (χ3n) is 2.25. The Morgan fingerprint density at radius 1 is 1.43 bits per heavy atom. The van der Waals surface area contributed by atoms with E-state index in [-0.39, 0.29) is 12.5 Å². The predicted octanol–water partition coefficient (Wildman–Crippen LogP) is -1.23. The number of hydrogen-bond acceptors (Lipinski definition) is 4. The Balaban J connectivity index is 2.14. The highest BCUT2D eigenvalue weighted by molar-refractivity contribution is 5.78. The third kappa shape index (κ3) is 3.61. The van der Waals surface area contributed by atoms with Crippen molar-refractivity contribution in [2.24, 2.45) is 0 Å². The Morgan fingerprint density at radius 2 is 2.21 bits per heavy atom. The van der Waals surface area contributed by atoms with E-state index in [1.54, 1.807) is 4.90 Å². The monoisotopic (exact) mass is 202 g/mol. The molecule has 0 aromatic carbocycles. The van der Waals surface area contributed by atoms with Gasteiger partial charge in [0.25, 0.3) is 0 Å².